The predicted octanol–water partition coefficient (Wildman–Crippen LogP) is 3.38. The molecule has 2 heterocycles. The monoisotopic (exact) mass is 278 g/mol. The standard InChI is InChI=1S/C16H14N4O/c1-10-4-2-3-5-13(10)16-20-19-15(21-16)12-8-17-14(18-9-12)11-6-7-11/h2-5,8-9,11H,6-7H2,1H3. The Bertz CT molecular complexity index is 775. The molecule has 0 bridgehead atoms. The van der Waals surface area contributed by atoms with E-state index in [0.717, 1.165) is 22.5 Å². The van der Waals surface area contributed by atoms with E-state index in [1.54, 1.807) is 12.4 Å². The summed E-state index contributed by atoms with van der Waals surface area (Å²) in [6.07, 6.45) is 5.90. The molecule has 0 radical (unpaired) electrons. The molecule has 5 nitrogen and oxygen atoms in total. The quantitative estimate of drug-likeness (QED) is 0.734. The van der Waals surface area contributed by atoms with Crippen molar-refractivity contribution in [3.63, 3.8) is 0 Å². The van der Waals surface area contributed by atoms with Gasteiger partial charge in [0.05, 0.1) is 5.56 Å². The Hall–Kier alpha value is -2.56. The molecule has 5 heteroatoms. The second kappa shape index (κ2) is 4.77. The molecule has 0 aliphatic heterocycles. The molecule has 1 fully saturated rings. The Morgan fingerprint density at radius 1 is 1.00 bits per heavy atom. The van der Waals surface area contributed by atoms with Gasteiger partial charge in [-0.25, -0.2) is 9.97 Å². The van der Waals surface area contributed by atoms with E-state index in [4.69, 9.17) is 4.42 Å². The first-order valence-corrected chi connectivity index (χ1v) is 7.03. The summed E-state index contributed by atoms with van der Waals surface area (Å²) in [4.78, 5) is 8.76. The Morgan fingerprint density at radius 3 is 2.43 bits per heavy atom. The van der Waals surface area contributed by atoms with Gasteiger partial charge in [-0.3, -0.25) is 0 Å². The molecule has 1 aliphatic carbocycles. The molecule has 3 aromatic rings. The lowest BCUT2D eigenvalue weighted by Gasteiger charge is -1.99. The Balaban J connectivity index is 1.66. The van der Waals surface area contributed by atoms with Crippen LogP contribution in [0.2, 0.25) is 0 Å². The van der Waals surface area contributed by atoms with Gasteiger partial charge in [0.1, 0.15) is 5.82 Å². The van der Waals surface area contributed by atoms with Crippen molar-refractivity contribution < 1.29 is 4.42 Å². The molecule has 0 atom stereocenters. The van der Waals surface area contributed by atoms with Crippen molar-refractivity contribution in [2.75, 3.05) is 0 Å². The number of nitrogens with zero attached hydrogens (tertiary/aromatic N) is 4. The van der Waals surface area contributed by atoms with E-state index in [9.17, 15) is 0 Å². The van der Waals surface area contributed by atoms with Crippen molar-refractivity contribution in [1.29, 1.82) is 0 Å². The summed E-state index contributed by atoms with van der Waals surface area (Å²) in [5.74, 6) is 2.44. The number of benzene rings is 1. The van der Waals surface area contributed by atoms with Crippen LogP contribution in [-0.2, 0) is 0 Å². The molecule has 0 N–H and O–H groups in total. The molecule has 1 aliphatic rings. The highest BCUT2D eigenvalue weighted by Crippen LogP contribution is 2.38. The SMILES string of the molecule is Cc1ccccc1-c1nnc(-c2cnc(C3CC3)nc2)o1. The maximum atomic E-state index is 5.75. The molecule has 4 rings (SSSR count). The molecule has 21 heavy (non-hydrogen) atoms. The van der Waals surface area contributed by atoms with Crippen LogP contribution in [0.15, 0.2) is 41.1 Å². The summed E-state index contributed by atoms with van der Waals surface area (Å²) in [5.41, 5.74) is 2.81. The van der Waals surface area contributed by atoms with Gasteiger partial charge in [-0.15, -0.1) is 10.2 Å². The highest BCUT2D eigenvalue weighted by Gasteiger charge is 2.26. The Kier molecular flexibility index (Phi) is 2.77. The summed E-state index contributed by atoms with van der Waals surface area (Å²) in [5, 5.41) is 8.22. The van der Waals surface area contributed by atoms with Crippen LogP contribution in [0, 0.1) is 6.92 Å². The molecule has 0 spiro atoms. The number of aromatic nitrogens is 4. The summed E-state index contributed by atoms with van der Waals surface area (Å²) in [7, 11) is 0. The minimum absolute atomic E-state index is 0.454. The topological polar surface area (TPSA) is 64.7 Å². The molecular formula is C16H14N4O. The van der Waals surface area contributed by atoms with Gasteiger partial charge in [-0.2, -0.15) is 0 Å². The summed E-state index contributed by atoms with van der Waals surface area (Å²) >= 11 is 0. The fourth-order valence-electron chi connectivity index (χ4n) is 2.26. The van der Waals surface area contributed by atoms with E-state index in [0.29, 0.717) is 17.7 Å². The van der Waals surface area contributed by atoms with Gasteiger partial charge >= 0.3 is 0 Å². The predicted molar refractivity (Wildman–Crippen MR) is 77.5 cm³/mol. The summed E-state index contributed by atoms with van der Waals surface area (Å²) in [6, 6.07) is 7.94. The fourth-order valence-corrected chi connectivity index (χ4v) is 2.26. The molecule has 0 saturated heterocycles. The molecule has 1 saturated carbocycles. The maximum Gasteiger partial charge on any atom is 0.251 e. The van der Waals surface area contributed by atoms with E-state index in [-0.39, 0.29) is 0 Å². The number of aryl methyl sites for hydroxylation is 1. The van der Waals surface area contributed by atoms with Crippen LogP contribution in [0.5, 0.6) is 0 Å². The second-order valence-electron chi connectivity index (χ2n) is 5.33. The first kappa shape index (κ1) is 12.2. The van der Waals surface area contributed by atoms with Gasteiger partial charge in [-0.1, -0.05) is 18.2 Å². The van der Waals surface area contributed by atoms with Gasteiger partial charge in [0.15, 0.2) is 0 Å². The molecule has 0 unspecified atom stereocenters. The van der Waals surface area contributed by atoms with Crippen molar-refractivity contribution in [3.05, 3.63) is 48.0 Å². The van der Waals surface area contributed by atoms with E-state index < -0.39 is 0 Å². The Labute approximate surface area is 122 Å². The maximum absolute atomic E-state index is 5.75. The lowest BCUT2D eigenvalue weighted by Crippen LogP contribution is -1.91. The highest BCUT2D eigenvalue weighted by molar-refractivity contribution is 5.60. The van der Waals surface area contributed by atoms with Gasteiger partial charge in [0.25, 0.3) is 5.89 Å². The minimum atomic E-state index is 0.454. The van der Waals surface area contributed by atoms with Crippen LogP contribution in [0.1, 0.15) is 30.1 Å². The molecule has 0 amide bonds. The molecule has 104 valence electrons. The van der Waals surface area contributed by atoms with Crippen molar-refractivity contribution in [1.82, 2.24) is 20.2 Å². The molecular weight excluding hydrogens is 264 g/mol. The van der Waals surface area contributed by atoms with Crippen LogP contribution in [-0.4, -0.2) is 20.2 Å². The zero-order chi connectivity index (χ0) is 14.2. The zero-order valence-corrected chi connectivity index (χ0v) is 11.7. The van der Waals surface area contributed by atoms with Crippen molar-refractivity contribution in [2.45, 2.75) is 25.7 Å². The van der Waals surface area contributed by atoms with Crippen LogP contribution in [0.25, 0.3) is 22.9 Å². The largest absolute Gasteiger partial charge is 0.416 e. The highest BCUT2D eigenvalue weighted by atomic mass is 16.4. The summed E-state index contributed by atoms with van der Waals surface area (Å²) in [6.45, 7) is 2.02. The third-order valence-electron chi connectivity index (χ3n) is 3.66. The first-order valence-electron chi connectivity index (χ1n) is 7.03. The zero-order valence-electron chi connectivity index (χ0n) is 11.7. The number of rotatable bonds is 3. The fraction of sp³-hybridized carbons (Fsp3) is 0.250. The third-order valence-corrected chi connectivity index (χ3v) is 3.66. The van der Waals surface area contributed by atoms with Crippen molar-refractivity contribution >= 4 is 0 Å². The lowest BCUT2D eigenvalue weighted by atomic mass is 10.1. The number of hydrogen-bond donors (Lipinski definition) is 0. The van der Waals surface area contributed by atoms with E-state index in [1.807, 2.05) is 31.2 Å². The second-order valence-corrected chi connectivity index (χ2v) is 5.33. The normalized spacial score (nSPS) is 14.3. The lowest BCUT2D eigenvalue weighted by molar-refractivity contribution is 0.583. The van der Waals surface area contributed by atoms with Crippen molar-refractivity contribution in [2.24, 2.45) is 0 Å². The van der Waals surface area contributed by atoms with E-state index in [1.165, 1.54) is 12.8 Å². The van der Waals surface area contributed by atoms with Crippen molar-refractivity contribution in [3.8, 4) is 22.9 Å². The summed E-state index contributed by atoms with van der Waals surface area (Å²) < 4.78 is 5.75. The van der Waals surface area contributed by atoms with E-state index >= 15 is 0 Å². The first-order chi connectivity index (χ1) is 10.3. The van der Waals surface area contributed by atoms with Gasteiger partial charge in [0.2, 0.25) is 5.89 Å². The minimum Gasteiger partial charge on any atom is -0.416 e. The van der Waals surface area contributed by atoms with Gasteiger partial charge in [0, 0.05) is 23.9 Å². The average Bonchev–Trinajstić information content (AvgIpc) is 3.26. The van der Waals surface area contributed by atoms with Crippen LogP contribution < -0.4 is 0 Å². The van der Waals surface area contributed by atoms with Crippen LogP contribution in [0.3, 0.4) is 0 Å². The third kappa shape index (κ3) is 2.31. The van der Waals surface area contributed by atoms with Gasteiger partial charge < -0.3 is 4.42 Å². The molecule has 1 aromatic carbocycles. The smallest absolute Gasteiger partial charge is 0.251 e. The van der Waals surface area contributed by atoms with E-state index in [2.05, 4.69) is 20.2 Å². The Morgan fingerprint density at radius 2 is 1.71 bits per heavy atom. The average molecular weight is 278 g/mol. The number of hydrogen-bond acceptors (Lipinski definition) is 5. The van der Waals surface area contributed by atoms with Crippen LogP contribution >= 0.6 is 0 Å². The van der Waals surface area contributed by atoms with Crippen LogP contribution in [0.4, 0.5) is 0 Å². The van der Waals surface area contributed by atoms with Gasteiger partial charge in [-0.05, 0) is 31.4 Å². The molecule has 2 aromatic heterocycles.